The maximum Gasteiger partial charge on any atom is 0.241 e. The van der Waals surface area contributed by atoms with Gasteiger partial charge in [0, 0.05) is 31.6 Å². The number of para-hydroxylation sites is 1. The van der Waals surface area contributed by atoms with Crippen molar-refractivity contribution in [2.24, 2.45) is 0 Å². The minimum Gasteiger partial charge on any atom is -0.362 e. The van der Waals surface area contributed by atoms with Crippen LogP contribution in [-0.4, -0.2) is 57.0 Å². The van der Waals surface area contributed by atoms with Gasteiger partial charge in [0.2, 0.25) is 21.9 Å². The summed E-state index contributed by atoms with van der Waals surface area (Å²) in [7, 11) is 0.211. The van der Waals surface area contributed by atoms with E-state index in [0.717, 1.165) is 48.0 Å². The van der Waals surface area contributed by atoms with Gasteiger partial charge in [0.25, 0.3) is 0 Å². The van der Waals surface area contributed by atoms with Crippen LogP contribution >= 0.6 is 0 Å². The van der Waals surface area contributed by atoms with Crippen molar-refractivity contribution >= 4 is 38.6 Å². The zero-order valence-electron chi connectivity index (χ0n) is 20.3. The lowest BCUT2D eigenvalue weighted by Crippen LogP contribution is -2.44. The second-order valence-electron chi connectivity index (χ2n) is 9.18. The van der Waals surface area contributed by atoms with Gasteiger partial charge in [-0.1, -0.05) is 29.8 Å². The molecule has 1 amide bonds. The van der Waals surface area contributed by atoms with Crippen LogP contribution in [-0.2, 0) is 14.8 Å². The highest BCUT2D eigenvalue weighted by molar-refractivity contribution is 7.89. The molecule has 0 saturated heterocycles. The van der Waals surface area contributed by atoms with Crippen molar-refractivity contribution in [3.63, 3.8) is 0 Å². The van der Waals surface area contributed by atoms with Crippen LogP contribution in [0.2, 0.25) is 0 Å². The summed E-state index contributed by atoms with van der Waals surface area (Å²) >= 11 is 0. The first-order valence-corrected chi connectivity index (χ1v) is 13.3. The number of amides is 1. The maximum absolute atomic E-state index is 12.4. The molecule has 186 valence electrons. The molecule has 1 heterocycles. The van der Waals surface area contributed by atoms with Crippen LogP contribution in [0.15, 0.2) is 53.4 Å². The number of aromatic nitrogens is 2. The van der Waals surface area contributed by atoms with E-state index < -0.39 is 10.0 Å². The Balaban J connectivity index is 1.27. The Morgan fingerprint density at radius 1 is 0.971 bits per heavy atom. The first-order valence-electron chi connectivity index (χ1n) is 11.8. The first-order chi connectivity index (χ1) is 16.7. The van der Waals surface area contributed by atoms with Gasteiger partial charge in [-0.25, -0.2) is 18.1 Å². The number of carbonyl (C=O) groups is 1. The quantitative estimate of drug-likeness (QED) is 0.439. The monoisotopic (exact) mass is 496 g/mol. The van der Waals surface area contributed by atoms with Crippen molar-refractivity contribution in [3.8, 4) is 0 Å². The standard InChI is InChI=1S/C25H32N6O3S/c1-17-8-14-20(15-9-17)35(33,34)26-16-23(32)27-18-10-12-19(13-11-18)28-25-29-22-7-5-4-6-21(22)24(30-25)31(2)3/h4-9,14-15,18-19,26H,10-13,16H2,1-3H3,(H,27,32)(H,28,29,30). The fourth-order valence-electron chi connectivity index (χ4n) is 4.27. The summed E-state index contributed by atoms with van der Waals surface area (Å²) in [6, 6.07) is 14.7. The topological polar surface area (TPSA) is 116 Å². The molecule has 35 heavy (non-hydrogen) atoms. The van der Waals surface area contributed by atoms with E-state index >= 15 is 0 Å². The number of carbonyl (C=O) groups excluding carboxylic acids is 1. The predicted molar refractivity (Wildman–Crippen MR) is 138 cm³/mol. The molecular formula is C25H32N6O3S. The summed E-state index contributed by atoms with van der Waals surface area (Å²) < 4.78 is 27.2. The highest BCUT2D eigenvalue weighted by Gasteiger charge is 2.24. The molecule has 0 bridgehead atoms. The number of sulfonamides is 1. The molecule has 1 aromatic heterocycles. The minimum absolute atomic E-state index is 0.0132. The average Bonchev–Trinajstić information content (AvgIpc) is 2.84. The van der Waals surface area contributed by atoms with Crippen molar-refractivity contribution in [1.29, 1.82) is 0 Å². The lowest BCUT2D eigenvalue weighted by molar-refractivity contribution is -0.120. The van der Waals surface area contributed by atoms with Crippen LogP contribution in [0.25, 0.3) is 10.9 Å². The van der Waals surface area contributed by atoms with Gasteiger partial charge in [-0.2, -0.15) is 4.98 Å². The van der Waals surface area contributed by atoms with E-state index in [0.29, 0.717) is 5.95 Å². The van der Waals surface area contributed by atoms with Crippen molar-refractivity contribution in [3.05, 3.63) is 54.1 Å². The zero-order valence-corrected chi connectivity index (χ0v) is 21.1. The fourth-order valence-corrected chi connectivity index (χ4v) is 5.25. The third-order valence-electron chi connectivity index (χ3n) is 6.19. The zero-order chi connectivity index (χ0) is 25.0. The van der Waals surface area contributed by atoms with Crippen LogP contribution in [0.3, 0.4) is 0 Å². The van der Waals surface area contributed by atoms with E-state index in [1.54, 1.807) is 12.1 Å². The second kappa shape index (κ2) is 10.6. The van der Waals surface area contributed by atoms with Gasteiger partial charge >= 0.3 is 0 Å². The molecule has 0 unspecified atom stereocenters. The number of aryl methyl sites for hydroxylation is 1. The molecular weight excluding hydrogens is 464 g/mol. The fraction of sp³-hybridized carbons (Fsp3) is 0.400. The molecule has 0 atom stereocenters. The summed E-state index contributed by atoms with van der Waals surface area (Å²) in [5.74, 6) is 1.14. The molecule has 1 saturated carbocycles. The van der Waals surface area contributed by atoms with E-state index in [-0.39, 0.29) is 29.4 Å². The molecule has 0 radical (unpaired) electrons. The van der Waals surface area contributed by atoms with Crippen LogP contribution in [0, 0.1) is 6.92 Å². The number of benzene rings is 2. The van der Waals surface area contributed by atoms with Gasteiger partial charge in [-0.3, -0.25) is 4.79 Å². The van der Waals surface area contributed by atoms with E-state index in [2.05, 4.69) is 20.3 Å². The molecule has 2 aromatic carbocycles. The highest BCUT2D eigenvalue weighted by atomic mass is 32.2. The molecule has 1 aliphatic carbocycles. The Hall–Kier alpha value is -3.24. The highest BCUT2D eigenvalue weighted by Crippen LogP contribution is 2.26. The number of nitrogens with zero attached hydrogens (tertiary/aromatic N) is 3. The molecule has 1 aliphatic rings. The Labute approximate surface area is 206 Å². The van der Waals surface area contributed by atoms with Crippen LogP contribution in [0.4, 0.5) is 11.8 Å². The van der Waals surface area contributed by atoms with Crippen molar-refractivity contribution in [1.82, 2.24) is 20.0 Å². The third-order valence-corrected chi connectivity index (χ3v) is 7.60. The summed E-state index contributed by atoms with van der Waals surface area (Å²) in [5, 5.41) is 7.42. The van der Waals surface area contributed by atoms with E-state index in [9.17, 15) is 13.2 Å². The summed E-state index contributed by atoms with van der Waals surface area (Å²) in [5.41, 5.74) is 1.86. The average molecular weight is 497 g/mol. The predicted octanol–water partition coefficient (Wildman–Crippen LogP) is 2.82. The van der Waals surface area contributed by atoms with Crippen LogP contribution in [0.5, 0.6) is 0 Å². The largest absolute Gasteiger partial charge is 0.362 e. The summed E-state index contributed by atoms with van der Waals surface area (Å²) in [6.07, 6.45) is 3.30. The van der Waals surface area contributed by atoms with E-state index in [1.807, 2.05) is 50.2 Å². The Kier molecular flexibility index (Phi) is 7.51. The molecule has 1 fully saturated rings. The number of anilines is 2. The van der Waals surface area contributed by atoms with Crippen molar-refractivity contribution in [2.75, 3.05) is 30.9 Å². The minimum atomic E-state index is -3.72. The number of hydrogen-bond acceptors (Lipinski definition) is 7. The van der Waals surface area contributed by atoms with Gasteiger partial charge in [0.1, 0.15) is 5.82 Å². The van der Waals surface area contributed by atoms with E-state index in [1.165, 1.54) is 12.1 Å². The molecule has 10 heteroatoms. The van der Waals surface area contributed by atoms with Gasteiger partial charge in [-0.15, -0.1) is 0 Å². The summed E-state index contributed by atoms with van der Waals surface area (Å²) in [6.45, 7) is 1.60. The number of hydrogen-bond donors (Lipinski definition) is 3. The van der Waals surface area contributed by atoms with Crippen LogP contribution < -0.4 is 20.3 Å². The van der Waals surface area contributed by atoms with Crippen molar-refractivity contribution < 1.29 is 13.2 Å². The molecule has 0 spiro atoms. The first kappa shape index (κ1) is 24.9. The number of nitrogens with one attached hydrogen (secondary N) is 3. The van der Waals surface area contributed by atoms with Gasteiger partial charge in [0.15, 0.2) is 0 Å². The molecule has 9 nitrogen and oxygen atoms in total. The maximum atomic E-state index is 12.4. The number of rotatable bonds is 8. The third kappa shape index (κ3) is 6.26. The smallest absolute Gasteiger partial charge is 0.241 e. The Bertz CT molecular complexity index is 1290. The lowest BCUT2D eigenvalue weighted by Gasteiger charge is -2.30. The number of fused-ring (bicyclic) bond motifs is 1. The van der Waals surface area contributed by atoms with Gasteiger partial charge in [-0.05, 0) is 56.9 Å². The van der Waals surface area contributed by atoms with Crippen molar-refractivity contribution in [2.45, 2.75) is 49.6 Å². The molecule has 4 rings (SSSR count). The van der Waals surface area contributed by atoms with Gasteiger partial charge < -0.3 is 15.5 Å². The summed E-state index contributed by atoms with van der Waals surface area (Å²) in [4.78, 5) is 23.9. The lowest BCUT2D eigenvalue weighted by atomic mass is 9.91. The Morgan fingerprint density at radius 3 is 2.31 bits per heavy atom. The van der Waals surface area contributed by atoms with Gasteiger partial charge in [0.05, 0.1) is 17.0 Å². The normalized spacial score (nSPS) is 18.3. The molecule has 0 aliphatic heterocycles. The second-order valence-corrected chi connectivity index (χ2v) is 10.9. The Morgan fingerprint density at radius 2 is 1.63 bits per heavy atom. The molecule has 3 N–H and O–H groups in total. The SMILES string of the molecule is Cc1ccc(S(=O)(=O)NCC(=O)NC2CCC(Nc3nc(N(C)C)c4ccccc4n3)CC2)cc1. The van der Waals surface area contributed by atoms with Crippen LogP contribution in [0.1, 0.15) is 31.2 Å². The molecule has 3 aromatic rings. The van der Waals surface area contributed by atoms with E-state index in [4.69, 9.17) is 4.98 Å².